The lowest BCUT2D eigenvalue weighted by atomic mass is 10.2. The van der Waals surface area contributed by atoms with E-state index in [-0.39, 0.29) is 34.7 Å². The van der Waals surface area contributed by atoms with E-state index in [1.807, 2.05) is 17.6 Å². The number of ether oxygens (including phenoxy) is 1. The Morgan fingerprint density at radius 3 is 2.52 bits per heavy atom. The monoisotopic (exact) mass is 605 g/mol. The molecule has 11 nitrogen and oxygen atoms in total. The van der Waals surface area contributed by atoms with Crippen molar-refractivity contribution in [3.05, 3.63) is 41.6 Å². The molecule has 6 rings (SSSR count). The number of amides is 1. The third kappa shape index (κ3) is 4.83. The number of imidazole rings is 1. The summed E-state index contributed by atoms with van der Waals surface area (Å²) in [5.41, 5.74) is 8.73. The SMILES string of the molecule is COc1cc(C(=O)N2C[C@H](N)[C@@H](F)C2)cc2nc(-c3cc4ccc(N(C(F)F)S(C)(=O)=O)nc4n3CC3CC3)c(C)n12. The largest absolute Gasteiger partial charge is 0.482 e. The fraction of sp³-hybridized carbons (Fsp3) is 0.444. The Labute approximate surface area is 239 Å². The van der Waals surface area contributed by atoms with Gasteiger partial charge in [0.25, 0.3) is 5.91 Å². The molecule has 1 amide bonds. The molecule has 4 aromatic heterocycles. The zero-order valence-electron chi connectivity index (χ0n) is 23.2. The molecule has 2 atom stereocenters. The molecule has 0 spiro atoms. The molecular weight excluding hydrogens is 575 g/mol. The molecule has 4 aromatic rings. The maximum atomic E-state index is 14.0. The second-order valence-corrected chi connectivity index (χ2v) is 12.8. The maximum absolute atomic E-state index is 14.0. The summed E-state index contributed by atoms with van der Waals surface area (Å²) in [6.07, 6.45) is 1.40. The van der Waals surface area contributed by atoms with Gasteiger partial charge in [-0.2, -0.15) is 13.1 Å². The summed E-state index contributed by atoms with van der Waals surface area (Å²) < 4.78 is 75.1. The fourth-order valence-corrected chi connectivity index (χ4v) is 6.26. The number of nitrogens with two attached hydrogens (primary N) is 1. The highest BCUT2D eigenvalue weighted by atomic mass is 32.2. The zero-order chi connectivity index (χ0) is 30.1. The number of hydrogen-bond donors (Lipinski definition) is 1. The van der Waals surface area contributed by atoms with Gasteiger partial charge in [0.1, 0.15) is 29.0 Å². The molecule has 0 bridgehead atoms. The number of alkyl halides is 3. The van der Waals surface area contributed by atoms with E-state index in [0.717, 1.165) is 12.8 Å². The Balaban J connectivity index is 1.49. The Hall–Kier alpha value is -3.85. The zero-order valence-corrected chi connectivity index (χ0v) is 24.0. The minimum atomic E-state index is -4.29. The van der Waals surface area contributed by atoms with Crippen molar-refractivity contribution in [1.29, 1.82) is 0 Å². The van der Waals surface area contributed by atoms with Gasteiger partial charge in [-0.3, -0.25) is 9.20 Å². The van der Waals surface area contributed by atoms with Crippen molar-refractivity contribution in [2.75, 3.05) is 30.8 Å². The summed E-state index contributed by atoms with van der Waals surface area (Å²) in [6.45, 7) is -0.910. The lowest BCUT2D eigenvalue weighted by Gasteiger charge is -2.20. The first-order chi connectivity index (χ1) is 19.9. The number of methoxy groups -OCH3 is 1. The van der Waals surface area contributed by atoms with Crippen LogP contribution in [-0.4, -0.2) is 83.4 Å². The molecule has 15 heteroatoms. The molecule has 5 heterocycles. The quantitative estimate of drug-likeness (QED) is 0.306. The van der Waals surface area contributed by atoms with Crippen LogP contribution in [0.3, 0.4) is 0 Å². The normalized spacial score (nSPS) is 19.4. The Kier molecular flexibility index (Phi) is 6.84. The molecule has 0 aromatic carbocycles. The number of carbonyl (C=O) groups excluding carboxylic acids is 1. The van der Waals surface area contributed by atoms with Crippen molar-refractivity contribution >= 4 is 38.4 Å². The van der Waals surface area contributed by atoms with E-state index in [1.54, 1.807) is 22.6 Å². The first-order valence-corrected chi connectivity index (χ1v) is 15.3. The Bertz CT molecular complexity index is 1810. The van der Waals surface area contributed by atoms with Crippen LogP contribution in [0.2, 0.25) is 0 Å². The van der Waals surface area contributed by atoms with E-state index in [4.69, 9.17) is 15.5 Å². The summed E-state index contributed by atoms with van der Waals surface area (Å²) in [5.74, 6) is -0.0652. The molecule has 224 valence electrons. The predicted octanol–water partition coefficient (Wildman–Crippen LogP) is 3.19. The van der Waals surface area contributed by atoms with Gasteiger partial charge < -0.3 is 19.9 Å². The van der Waals surface area contributed by atoms with E-state index in [9.17, 15) is 26.4 Å². The standard InChI is InChI=1S/C27H30F3N7O4S/c1-14-24(32-22-9-17(10-23(41-2)36(14)22)26(38)34-12-18(28)19(31)13-34)20-8-16-6-7-21(37(27(29)30)42(3,39)40)33-25(16)35(20)11-15-4-5-15/h6-10,15,18-19,27H,4-5,11-13,31H2,1-3H3/t18-,19-/m0/s1. The molecular formula is C27H30F3N7O4S. The number of aromatic nitrogens is 4. The lowest BCUT2D eigenvalue weighted by molar-refractivity contribution is 0.0781. The summed E-state index contributed by atoms with van der Waals surface area (Å²) in [5, 5.41) is 0.627. The molecule has 1 saturated heterocycles. The maximum Gasteiger partial charge on any atom is 0.329 e. The van der Waals surface area contributed by atoms with Crippen LogP contribution in [0.15, 0.2) is 30.3 Å². The number of halogens is 3. The highest BCUT2D eigenvalue weighted by Gasteiger charge is 2.34. The van der Waals surface area contributed by atoms with Crippen molar-refractivity contribution < 1.29 is 31.1 Å². The number of carbonyl (C=O) groups is 1. The van der Waals surface area contributed by atoms with E-state index >= 15 is 0 Å². The van der Waals surface area contributed by atoms with E-state index < -0.39 is 28.8 Å². The van der Waals surface area contributed by atoms with Gasteiger partial charge in [0, 0.05) is 30.1 Å². The molecule has 0 unspecified atom stereocenters. The second kappa shape index (κ2) is 10.2. The lowest BCUT2D eigenvalue weighted by Crippen LogP contribution is -2.35. The minimum absolute atomic E-state index is 0.00148. The summed E-state index contributed by atoms with van der Waals surface area (Å²) in [4.78, 5) is 23.8. The van der Waals surface area contributed by atoms with E-state index in [1.165, 1.54) is 18.1 Å². The highest BCUT2D eigenvalue weighted by Crippen LogP contribution is 2.38. The molecule has 2 aliphatic rings. The van der Waals surface area contributed by atoms with Crippen LogP contribution in [-0.2, 0) is 16.6 Å². The molecule has 1 saturated carbocycles. The molecule has 42 heavy (non-hydrogen) atoms. The number of sulfonamides is 1. The van der Waals surface area contributed by atoms with E-state index in [2.05, 4.69) is 4.98 Å². The number of anilines is 1. The van der Waals surface area contributed by atoms with Crippen molar-refractivity contribution in [1.82, 2.24) is 23.8 Å². The summed E-state index contributed by atoms with van der Waals surface area (Å²) in [7, 11) is -2.82. The van der Waals surface area contributed by atoms with Crippen LogP contribution in [0.25, 0.3) is 28.1 Å². The van der Waals surface area contributed by atoms with Crippen LogP contribution in [0.5, 0.6) is 5.88 Å². The van der Waals surface area contributed by atoms with Crippen LogP contribution < -0.4 is 14.8 Å². The van der Waals surface area contributed by atoms with Gasteiger partial charge in [0.2, 0.25) is 10.0 Å². The van der Waals surface area contributed by atoms with Crippen molar-refractivity contribution in [3.63, 3.8) is 0 Å². The first-order valence-electron chi connectivity index (χ1n) is 13.4. The van der Waals surface area contributed by atoms with Gasteiger partial charge >= 0.3 is 6.55 Å². The number of aryl methyl sites for hydroxylation is 1. The van der Waals surface area contributed by atoms with Crippen LogP contribution in [0.4, 0.5) is 19.0 Å². The van der Waals surface area contributed by atoms with Gasteiger partial charge in [-0.15, -0.1) is 0 Å². The average Bonchev–Trinajstić information content (AvgIpc) is 3.47. The van der Waals surface area contributed by atoms with E-state index in [0.29, 0.717) is 58.4 Å². The number of rotatable bonds is 8. The van der Waals surface area contributed by atoms with Gasteiger partial charge in [-0.1, -0.05) is 0 Å². The van der Waals surface area contributed by atoms with Gasteiger partial charge in [-0.05, 0) is 49.9 Å². The molecule has 0 radical (unpaired) electrons. The number of nitrogens with zero attached hydrogens (tertiary/aromatic N) is 6. The average molecular weight is 606 g/mol. The van der Waals surface area contributed by atoms with Crippen LogP contribution >= 0.6 is 0 Å². The third-order valence-corrected chi connectivity index (χ3v) is 8.88. The van der Waals surface area contributed by atoms with Crippen molar-refractivity contribution in [3.8, 4) is 17.3 Å². The highest BCUT2D eigenvalue weighted by molar-refractivity contribution is 7.92. The topological polar surface area (TPSA) is 128 Å². The first kappa shape index (κ1) is 28.3. The minimum Gasteiger partial charge on any atom is -0.482 e. The summed E-state index contributed by atoms with van der Waals surface area (Å²) >= 11 is 0. The molecule has 1 aliphatic heterocycles. The molecule has 2 fully saturated rings. The van der Waals surface area contributed by atoms with Gasteiger partial charge in [0.15, 0.2) is 5.88 Å². The van der Waals surface area contributed by atoms with Crippen molar-refractivity contribution in [2.45, 2.75) is 45.1 Å². The Morgan fingerprint density at radius 1 is 1.19 bits per heavy atom. The third-order valence-electron chi connectivity index (χ3n) is 7.82. The summed E-state index contributed by atoms with van der Waals surface area (Å²) in [6, 6.07) is 7.09. The van der Waals surface area contributed by atoms with Crippen molar-refractivity contribution in [2.24, 2.45) is 11.7 Å². The van der Waals surface area contributed by atoms with Gasteiger partial charge in [-0.25, -0.2) is 22.8 Å². The molecule has 2 N–H and O–H groups in total. The Morgan fingerprint density at radius 2 is 1.93 bits per heavy atom. The number of pyridine rings is 2. The number of hydrogen-bond acceptors (Lipinski definition) is 7. The van der Waals surface area contributed by atoms with Crippen LogP contribution in [0.1, 0.15) is 28.9 Å². The van der Waals surface area contributed by atoms with Gasteiger partial charge in [0.05, 0.1) is 37.3 Å². The number of fused-ring (bicyclic) bond motifs is 2. The second-order valence-electron chi connectivity index (χ2n) is 10.9. The molecule has 1 aliphatic carbocycles. The smallest absolute Gasteiger partial charge is 0.329 e. The van der Waals surface area contributed by atoms with Crippen LogP contribution in [0, 0.1) is 12.8 Å². The number of likely N-dealkylation sites (tertiary alicyclic amines) is 1. The predicted molar refractivity (Wildman–Crippen MR) is 150 cm³/mol. The fourth-order valence-electron chi connectivity index (χ4n) is 5.52.